The quantitative estimate of drug-likeness (QED) is 0.208. The normalized spacial score (nSPS) is 23.5. The van der Waals surface area contributed by atoms with E-state index < -0.39 is 17.4 Å². The lowest BCUT2D eigenvalue weighted by molar-refractivity contribution is -0.181. The summed E-state index contributed by atoms with van der Waals surface area (Å²) >= 11 is 0. The van der Waals surface area contributed by atoms with Crippen molar-refractivity contribution in [1.82, 2.24) is 35.3 Å². The number of ether oxygens (including phenoxy) is 3. The molecule has 1 atom stereocenters. The maximum atomic E-state index is 16.0. The zero-order chi connectivity index (χ0) is 41.4. The molecule has 1 saturated carbocycles. The number of nitrogens with one attached hydrogen (secondary N) is 2. The predicted molar refractivity (Wildman–Crippen MR) is 217 cm³/mol. The van der Waals surface area contributed by atoms with Crippen molar-refractivity contribution in [2.45, 2.75) is 75.7 Å². The minimum atomic E-state index is -2.90. The van der Waals surface area contributed by atoms with Gasteiger partial charge in [0.1, 0.15) is 41.0 Å². The van der Waals surface area contributed by atoms with Gasteiger partial charge in [-0.2, -0.15) is 5.10 Å². The van der Waals surface area contributed by atoms with Crippen LogP contribution < -0.4 is 24.6 Å². The van der Waals surface area contributed by atoms with Crippen molar-refractivity contribution >= 4 is 40.0 Å². The monoisotopic (exact) mass is 825 g/mol. The highest BCUT2D eigenvalue weighted by Gasteiger charge is 2.63. The molecule has 17 heteroatoms. The van der Waals surface area contributed by atoms with Crippen LogP contribution in [0.1, 0.15) is 61.4 Å². The van der Waals surface area contributed by atoms with Crippen molar-refractivity contribution in [3.63, 3.8) is 0 Å². The van der Waals surface area contributed by atoms with E-state index in [2.05, 4.69) is 37.3 Å². The van der Waals surface area contributed by atoms with E-state index in [1.165, 1.54) is 12.0 Å². The third-order valence-electron chi connectivity index (χ3n) is 13.5. The number of Topliss-reactive ketones (excluding diaryl/α,β-unsaturated/α-hetero) is 1. The smallest absolute Gasteiger partial charge is 0.269 e. The molecule has 1 aliphatic carbocycles. The molecule has 2 amide bonds. The summed E-state index contributed by atoms with van der Waals surface area (Å²) in [6.45, 7) is 5.23. The molecule has 1 spiro atoms. The van der Waals surface area contributed by atoms with Gasteiger partial charge in [0.25, 0.3) is 11.8 Å². The van der Waals surface area contributed by atoms with Gasteiger partial charge in [0.05, 0.1) is 61.6 Å². The molecule has 7 heterocycles. The van der Waals surface area contributed by atoms with E-state index in [9.17, 15) is 14.4 Å². The van der Waals surface area contributed by atoms with Gasteiger partial charge in [0.2, 0.25) is 5.91 Å². The van der Waals surface area contributed by atoms with Crippen LogP contribution in [0.3, 0.4) is 0 Å². The predicted octanol–water partition coefficient (Wildman–Crippen LogP) is 4.21. The number of alkyl halides is 2. The number of ketones is 1. The number of rotatable bonds is 11. The Labute approximate surface area is 345 Å². The number of fused-ring (bicyclic) bond motifs is 2. The molecule has 1 unspecified atom stereocenters. The second kappa shape index (κ2) is 14.6. The first-order valence-electron chi connectivity index (χ1n) is 20.9. The molecular weight excluding hydrogens is 777 g/mol. The van der Waals surface area contributed by atoms with E-state index in [1.54, 1.807) is 18.5 Å². The number of aromatic amines is 1. The van der Waals surface area contributed by atoms with Gasteiger partial charge in [-0.05, 0) is 75.9 Å². The number of carbonyl (C=O) groups excluding carboxylic acids is 3. The number of halogens is 2. The van der Waals surface area contributed by atoms with Gasteiger partial charge < -0.3 is 34.2 Å². The highest BCUT2D eigenvalue weighted by Crippen LogP contribution is 2.53. The van der Waals surface area contributed by atoms with Crippen molar-refractivity contribution in [2.75, 3.05) is 75.9 Å². The summed E-state index contributed by atoms with van der Waals surface area (Å²) in [5, 5.41) is 11.3. The van der Waals surface area contributed by atoms with Crippen molar-refractivity contribution in [1.29, 1.82) is 0 Å². The average molecular weight is 826 g/mol. The molecular formula is C43H49F2N9O6. The molecule has 2 aromatic heterocycles. The number of H-pyrrole nitrogens is 1. The zero-order valence-electron chi connectivity index (χ0n) is 33.8. The second-order valence-electron chi connectivity index (χ2n) is 17.6. The number of anilines is 2. The van der Waals surface area contributed by atoms with E-state index in [1.807, 2.05) is 34.1 Å². The number of likely N-dealkylation sites (tertiary alicyclic amines) is 1. The number of methoxy groups -OCH3 is 1. The van der Waals surface area contributed by atoms with Crippen molar-refractivity contribution in [2.24, 2.45) is 5.41 Å². The molecule has 316 valence electrons. The highest BCUT2D eigenvalue weighted by atomic mass is 19.3. The first-order chi connectivity index (χ1) is 28.9. The van der Waals surface area contributed by atoms with Crippen LogP contribution in [0.15, 0.2) is 42.7 Å². The van der Waals surface area contributed by atoms with E-state index in [4.69, 9.17) is 14.2 Å². The van der Waals surface area contributed by atoms with Gasteiger partial charge in [-0.3, -0.25) is 24.4 Å². The fraction of sp³-hybridized carbons (Fsp3) is 0.535. The van der Waals surface area contributed by atoms with Gasteiger partial charge in [-0.15, -0.1) is 0 Å². The van der Waals surface area contributed by atoms with Crippen LogP contribution >= 0.6 is 0 Å². The number of hydrogen-bond donors (Lipinski definition) is 2. The zero-order valence-corrected chi connectivity index (χ0v) is 33.8. The van der Waals surface area contributed by atoms with Gasteiger partial charge in [0, 0.05) is 61.8 Å². The third-order valence-corrected chi connectivity index (χ3v) is 13.5. The Kier molecular flexibility index (Phi) is 9.46. The Morgan fingerprint density at radius 1 is 0.950 bits per heavy atom. The Hall–Kier alpha value is -5.42. The molecule has 4 aromatic rings. The molecule has 2 aromatic carbocycles. The number of nitrogens with zero attached hydrogens (tertiary/aromatic N) is 7. The molecule has 60 heavy (non-hydrogen) atoms. The minimum absolute atomic E-state index is 0.0371. The SMILES string of the molecule is COc1c(N2CC3(CCN(CCOC4CCN(c5cc(-c6n[nH]c7ccc(OC8(C)CC8)cc67)ncn5)CC4)CC3(F)F)C2)ccc2c1CN(C1CNC(=O)CC1=O)C2=O. The molecule has 15 nitrogen and oxygen atoms in total. The molecule has 0 radical (unpaired) electrons. The highest BCUT2D eigenvalue weighted by molar-refractivity contribution is 6.07. The summed E-state index contributed by atoms with van der Waals surface area (Å²) in [6.07, 6.45) is 5.41. The molecule has 4 saturated heterocycles. The lowest BCUT2D eigenvalue weighted by atomic mass is 9.69. The van der Waals surface area contributed by atoms with E-state index in [0.717, 1.165) is 72.6 Å². The van der Waals surface area contributed by atoms with E-state index >= 15 is 8.78 Å². The summed E-state index contributed by atoms with van der Waals surface area (Å²) in [4.78, 5) is 54.2. The molecule has 2 N–H and O–H groups in total. The van der Waals surface area contributed by atoms with E-state index in [-0.39, 0.29) is 68.4 Å². The molecule has 10 rings (SSSR count). The van der Waals surface area contributed by atoms with Gasteiger partial charge >= 0.3 is 0 Å². The molecule has 0 bridgehead atoms. The largest absolute Gasteiger partial charge is 0.494 e. The van der Waals surface area contributed by atoms with Gasteiger partial charge in [-0.25, -0.2) is 18.7 Å². The van der Waals surface area contributed by atoms with Crippen LogP contribution in [-0.2, 0) is 20.9 Å². The molecule has 5 aliphatic heterocycles. The number of piperidine rings is 3. The van der Waals surface area contributed by atoms with E-state index in [0.29, 0.717) is 48.7 Å². The van der Waals surface area contributed by atoms with Gasteiger partial charge in [0.15, 0.2) is 5.78 Å². The topological polar surface area (TPSA) is 158 Å². The number of aromatic nitrogens is 4. The first-order valence-corrected chi connectivity index (χ1v) is 20.9. The third kappa shape index (κ3) is 6.88. The minimum Gasteiger partial charge on any atom is -0.494 e. The van der Waals surface area contributed by atoms with Crippen LogP contribution in [0.2, 0.25) is 0 Å². The summed E-state index contributed by atoms with van der Waals surface area (Å²) in [6, 6.07) is 10.6. The number of benzene rings is 2. The Bertz CT molecular complexity index is 2360. The number of hydrogen-bond acceptors (Lipinski definition) is 12. The van der Waals surface area contributed by atoms with Crippen LogP contribution in [-0.4, -0.2) is 137 Å². The van der Waals surface area contributed by atoms with Crippen LogP contribution in [0.4, 0.5) is 20.3 Å². The van der Waals surface area contributed by atoms with Gasteiger partial charge in [-0.1, -0.05) is 0 Å². The maximum absolute atomic E-state index is 16.0. The lowest BCUT2D eigenvalue weighted by Gasteiger charge is -2.58. The second-order valence-corrected chi connectivity index (χ2v) is 17.6. The Morgan fingerprint density at radius 3 is 2.52 bits per heavy atom. The fourth-order valence-electron chi connectivity index (χ4n) is 9.63. The van der Waals surface area contributed by atoms with Crippen molar-refractivity contribution < 1.29 is 37.4 Å². The summed E-state index contributed by atoms with van der Waals surface area (Å²) in [5.74, 6) is -1.76. The lowest BCUT2D eigenvalue weighted by Crippen LogP contribution is -2.70. The molecule has 6 aliphatic rings. The standard InChI is InChI=1S/C43H49F2N9O6/c1-41(9-10-41)60-27-3-5-31-29(17-27)38(50-49-31)32-18-36(48-25-47-32)52-12-7-26(8-13-52)59-16-15-51-14-11-42(43(44,45)24-51)22-53(23-42)33-6-4-28-30(39(33)58-2)21-54(40(28)57)34-20-46-37(56)19-35(34)55/h3-6,17-18,25-26,34H,7-16,19-24H2,1-2H3,(H,46,56)(H,49,50). The molecule has 5 fully saturated rings. The van der Waals surface area contributed by atoms with Crippen LogP contribution in [0.25, 0.3) is 22.3 Å². The average Bonchev–Trinajstić information content (AvgIpc) is 3.64. The fourth-order valence-corrected chi connectivity index (χ4v) is 9.63. The number of carbonyl (C=O) groups is 3. The van der Waals surface area contributed by atoms with Crippen molar-refractivity contribution in [3.05, 3.63) is 53.9 Å². The number of amides is 2. The first kappa shape index (κ1) is 38.8. The van der Waals surface area contributed by atoms with Crippen LogP contribution in [0, 0.1) is 5.41 Å². The Balaban J connectivity index is 0.703. The Morgan fingerprint density at radius 2 is 1.77 bits per heavy atom. The van der Waals surface area contributed by atoms with Crippen LogP contribution in [0.5, 0.6) is 11.5 Å². The van der Waals surface area contributed by atoms with Crippen molar-refractivity contribution in [3.8, 4) is 22.9 Å². The maximum Gasteiger partial charge on any atom is 0.269 e. The summed E-state index contributed by atoms with van der Waals surface area (Å²) < 4.78 is 50.2. The summed E-state index contributed by atoms with van der Waals surface area (Å²) in [5.41, 5.74) is 2.86. The summed E-state index contributed by atoms with van der Waals surface area (Å²) in [7, 11) is 1.51.